The molecule has 0 radical (unpaired) electrons. The number of carbonyl (C=O) groups is 1. The summed E-state index contributed by atoms with van der Waals surface area (Å²) in [6, 6.07) is 3.33. The Labute approximate surface area is 177 Å². The third-order valence-corrected chi connectivity index (χ3v) is 4.56. The molecule has 0 spiro atoms. The van der Waals surface area contributed by atoms with E-state index in [4.69, 9.17) is 5.41 Å². The highest BCUT2D eigenvalue weighted by molar-refractivity contribution is 6.09. The molecule has 0 aliphatic heterocycles. The van der Waals surface area contributed by atoms with Crippen LogP contribution in [0, 0.1) is 17.0 Å². The van der Waals surface area contributed by atoms with Crippen molar-refractivity contribution in [2.24, 2.45) is 0 Å². The van der Waals surface area contributed by atoms with Gasteiger partial charge in [-0.25, -0.2) is 13.8 Å². The van der Waals surface area contributed by atoms with Crippen LogP contribution in [0.4, 0.5) is 8.78 Å². The Hall–Kier alpha value is -3.94. The van der Waals surface area contributed by atoms with Gasteiger partial charge >= 0.3 is 0 Å². The van der Waals surface area contributed by atoms with Crippen LogP contribution in [-0.2, 0) is 6.54 Å². The van der Waals surface area contributed by atoms with Gasteiger partial charge in [-0.2, -0.15) is 0 Å². The fraction of sp³-hybridized carbons (Fsp3) is 0.130. The number of allylic oxidation sites excluding steroid dienone is 7. The lowest BCUT2D eigenvalue weighted by molar-refractivity contribution is 0.0955. The van der Waals surface area contributed by atoms with Crippen LogP contribution < -0.4 is 10.9 Å². The molecule has 1 amide bonds. The molecule has 6 nitrogen and oxygen atoms in total. The highest BCUT2D eigenvalue weighted by atomic mass is 19.2. The minimum absolute atomic E-state index is 0.0488. The zero-order chi connectivity index (χ0) is 22.4. The van der Waals surface area contributed by atoms with E-state index >= 15 is 0 Å². The summed E-state index contributed by atoms with van der Waals surface area (Å²) in [5, 5.41) is 10.4. The Morgan fingerprint density at radius 1 is 1.26 bits per heavy atom. The van der Waals surface area contributed by atoms with Crippen molar-refractivity contribution in [1.82, 2.24) is 14.9 Å². The van der Waals surface area contributed by atoms with Crippen LogP contribution in [0.5, 0.6) is 0 Å². The van der Waals surface area contributed by atoms with Gasteiger partial charge in [-0.05, 0) is 47.9 Å². The summed E-state index contributed by atoms with van der Waals surface area (Å²) in [5.74, 6) is -2.58. The van der Waals surface area contributed by atoms with Crippen molar-refractivity contribution in [2.45, 2.75) is 13.5 Å². The fourth-order valence-corrected chi connectivity index (χ4v) is 2.92. The van der Waals surface area contributed by atoms with Crippen LogP contribution in [0.15, 0.2) is 83.1 Å². The van der Waals surface area contributed by atoms with Gasteiger partial charge in [0.2, 0.25) is 0 Å². The normalized spacial score (nSPS) is 14.9. The van der Waals surface area contributed by atoms with E-state index in [9.17, 15) is 18.4 Å². The van der Waals surface area contributed by atoms with Crippen molar-refractivity contribution in [3.63, 3.8) is 0 Å². The van der Waals surface area contributed by atoms with E-state index in [0.717, 1.165) is 27.8 Å². The summed E-state index contributed by atoms with van der Waals surface area (Å²) < 4.78 is 27.6. The van der Waals surface area contributed by atoms with Crippen molar-refractivity contribution in [2.75, 3.05) is 6.54 Å². The quantitative estimate of drug-likeness (QED) is 0.749. The van der Waals surface area contributed by atoms with E-state index in [0.29, 0.717) is 11.3 Å². The van der Waals surface area contributed by atoms with E-state index in [1.54, 1.807) is 24.3 Å². The summed E-state index contributed by atoms with van der Waals surface area (Å²) in [5.41, 5.74) is 1.75. The van der Waals surface area contributed by atoms with Crippen molar-refractivity contribution < 1.29 is 13.6 Å². The van der Waals surface area contributed by atoms with Crippen LogP contribution in [0.2, 0.25) is 0 Å². The molecule has 0 unspecified atom stereocenters. The van der Waals surface area contributed by atoms with E-state index in [2.05, 4.69) is 10.3 Å². The van der Waals surface area contributed by atoms with Gasteiger partial charge in [-0.3, -0.25) is 14.2 Å². The number of benzene rings is 1. The molecule has 158 valence electrons. The standard InChI is InChI=1S/C23H20F2N4O2/c1-2-17-10-15(6-8-21(17)26)4-3-9-28-22(30)18-12-27-14-29(23(18)31)13-16-5-7-19(24)20(25)11-16/h2-8,10-12,14,26H,9,13H2,1H3,(H,28,30)/b4-3+,17-2-,26-21?. The van der Waals surface area contributed by atoms with Crippen molar-refractivity contribution in [1.29, 1.82) is 5.41 Å². The maximum absolute atomic E-state index is 13.4. The van der Waals surface area contributed by atoms with Gasteiger partial charge < -0.3 is 10.7 Å². The molecule has 3 rings (SSSR count). The largest absolute Gasteiger partial charge is 0.348 e. The van der Waals surface area contributed by atoms with Crippen LogP contribution in [-0.4, -0.2) is 27.7 Å². The number of halogens is 2. The first kappa shape index (κ1) is 21.8. The Morgan fingerprint density at radius 2 is 2.06 bits per heavy atom. The minimum atomic E-state index is -1.01. The number of hydrogen-bond donors (Lipinski definition) is 2. The van der Waals surface area contributed by atoms with Crippen LogP contribution >= 0.6 is 0 Å². The summed E-state index contributed by atoms with van der Waals surface area (Å²) in [4.78, 5) is 28.9. The predicted molar refractivity (Wildman–Crippen MR) is 114 cm³/mol. The lowest BCUT2D eigenvalue weighted by Crippen LogP contribution is -2.33. The third-order valence-electron chi connectivity index (χ3n) is 4.56. The molecule has 1 heterocycles. The van der Waals surface area contributed by atoms with Gasteiger partial charge in [0.15, 0.2) is 11.6 Å². The average Bonchev–Trinajstić information content (AvgIpc) is 2.76. The van der Waals surface area contributed by atoms with Gasteiger partial charge in [0.25, 0.3) is 11.5 Å². The summed E-state index contributed by atoms with van der Waals surface area (Å²) in [6.45, 7) is 1.99. The van der Waals surface area contributed by atoms with Gasteiger partial charge in [0, 0.05) is 12.7 Å². The van der Waals surface area contributed by atoms with Crippen molar-refractivity contribution in [3.8, 4) is 0 Å². The third kappa shape index (κ3) is 5.36. The van der Waals surface area contributed by atoms with Crippen molar-refractivity contribution >= 4 is 11.6 Å². The molecule has 2 N–H and O–H groups in total. The first-order valence-electron chi connectivity index (χ1n) is 9.47. The number of aromatic nitrogens is 2. The number of rotatable bonds is 6. The molecule has 8 heteroatoms. The van der Waals surface area contributed by atoms with E-state index in [-0.39, 0.29) is 18.7 Å². The SMILES string of the molecule is C/C=C1C=C(/C=C/CNC(=O)c2cncn(Cc3ccc(F)c(F)c3)c2=O)C=CC/1=N. The highest BCUT2D eigenvalue weighted by Crippen LogP contribution is 2.14. The summed E-state index contributed by atoms with van der Waals surface area (Å²) in [6.07, 6.45) is 13.1. The van der Waals surface area contributed by atoms with Gasteiger partial charge in [-0.15, -0.1) is 0 Å². The first-order chi connectivity index (χ1) is 14.9. The molecule has 0 bridgehead atoms. The minimum Gasteiger partial charge on any atom is -0.348 e. The average molecular weight is 422 g/mol. The topological polar surface area (TPSA) is 87.8 Å². The Morgan fingerprint density at radius 3 is 2.81 bits per heavy atom. The molecule has 1 aromatic heterocycles. The zero-order valence-electron chi connectivity index (χ0n) is 16.7. The van der Waals surface area contributed by atoms with Crippen LogP contribution in [0.25, 0.3) is 0 Å². The smallest absolute Gasteiger partial charge is 0.266 e. The molecule has 0 saturated carbocycles. The molecule has 1 aliphatic carbocycles. The van der Waals surface area contributed by atoms with Gasteiger partial charge in [0.1, 0.15) is 5.56 Å². The highest BCUT2D eigenvalue weighted by Gasteiger charge is 2.13. The lowest BCUT2D eigenvalue weighted by atomic mass is 10.00. The van der Waals surface area contributed by atoms with Gasteiger partial charge in [0.05, 0.1) is 18.6 Å². The number of amides is 1. The maximum atomic E-state index is 13.4. The fourth-order valence-electron chi connectivity index (χ4n) is 2.92. The van der Waals surface area contributed by atoms with E-state index < -0.39 is 23.1 Å². The summed E-state index contributed by atoms with van der Waals surface area (Å²) in [7, 11) is 0. The van der Waals surface area contributed by atoms with E-state index in [1.807, 2.05) is 19.1 Å². The lowest BCUT2D eigenvalue weighted by Gasteiger charge is -2.08. The molecular weight excluding hydrogens is 402 g/mol. The molecule has 1 aliphatic rings. The maximum Gasteiger partial charge on any atom is 0.266 e. The second-order valence-electron chi connectivity index (χ2n) is 6.74. The van der Waals surface area contributed by atoms with Gasteiger partial charge in [-0.1, -0.05) is 30.4 Å². The predicted octanol–water partition coefficient (Wildman–Crippen LogP) is 3.32. The number of hydrogen-bond acceptors (Lipinski definition) is 4. The Kier molecular flexibility index (Phi) is 6.81. The molecule has 0 fully saturated rings. The molecule has 31 heavy (non-hydrogen) atoms. The molecule has 0 saturated heterocycles. The first-order valence-corrected chi connectivity index (χ1v) is 9.47. The second-order valence-corrected chi connectivity index (χ2v) is 6.74. The molecular formula is C23H20F2N4O2. The van der Waals surface area contributed by atoms with Crippen LogP contribution in [0.3, 0.4) is 0 Å². The Balaban J connectivity index is 1.65. The molecule has 1 aromatic carbocycles. The molecule has 0 atom stereocenters. The molecule has 2 aromatic rings. The van der Waals surface area contributed by atoms with Crippen LogP contribution in [0.1, 0.15) is 22.8 Å². The Bertz CT molecular complexity index is 1210. The number of carbonyl (C=O) groups excluding carboxylic acids is 1. The van der Waals surface area contributed by atoms with E-state index in [1.165, 1.54) is 18.6 Å². The number of nitrogens with one attached hydrogen (secondary N) is 2. The zero-order valence-corrected chi connectivity index (χ0v) is 16.7. The van der Waals surface area contributed by atoms with Crippen molar-refractivity contribution in [3.05, 3.63) is 111 Å². The summed E-state index contributed by atoms with van der Waals surface area (Å²) >= 11 is 0. The number of nitrogens with zero attached hydrogens (tertiary/aromatic N) is 2. The second kappa shape index (κ2) is 9.71. The monoisotopic (exact) mass is 422 g/mol.